The number of aliphatic hydroxyl groups excluding tert-OH is 9. The number of hydrogen-bond donors (Lipinski definition) is 10. The first-order valence-corrected chi connectivity index (χ1v) is 23.2. The number of carbonyl (C=O) groups is 2. The van der Waals surface area contributed by atoms with Gasteiger partial charge in [-0.15, -0.1) is 0 Å². The van der Waals surface area contributed by atoms with Gasteiger partial charge in [0, 0.05) is 0 Å². The molecule has 0 spiro atoms. The maximum absolute atomic E-state index is 13.8. The Morgan fingerprint density at radius 2 is 1.34 bits per heavy atom. The molecule has 23 unspecified atom stereocenters. The summed E-state index contributed by atoms with van der Waals surface area (Å²) >= 11 is 0. The summed E-state index contributed by atoms with van der Waals surface area (Å²) in [7, 11) is 0. The average Bonchev–Trinajstić information content (AvgIpc) is 3.23. The first kappa shape index (κ1) is 48.7. The summed E-state index contributed by atoms with van der Waals surface area (Å²) in [4.78, 5) is 27.0. The number of hydrogen-bond acceptors (Lipinski definition) is 17. The fraction of sp³-hybridized carbons (Fsp3) is 0.913. The van der Waals surface area contributed by atoms with E-state index < -0.39 is 140 Å². The Morgan fingerprint density at radius 3 is 1.92 bits per heavy atom. The summed E-state index contributed by atoms with van der Waals surface area (Å²) in [6, 6.07) is 0. The molecule has 8 aliphatic rings. The van der Waals surface area contributed by atoms with Crippen LogP contribution in [0.3, 0.4) is 0 Å². The quantitative estimate of drug-likeness (QED) is 0.0836. The third-order valence-electron chi connectivity index (χ3n) is 18.6. The molecule has 18 heteroatoms. The number of fused-ring (bicyclic) bond motifs is 7. The van der Waals surface area contributed by atoms with E-state index in [0.717, 1.165) is 11.9 Å². The smallest absolute Gasteiger partial charge is 0.312 e. The number of rotatable bonds is 9. The zero-order valence-corrected chi connectivity index (χ0v) is 37.8. The van der Waals surface area contributed by atoms with Gasteiger partial charge in [0.05, 0.1) is 37.4 Å². The Labute approximate surface area is 373 Å². The summed E-state index contributed by atoms with van der Waals surface area (Å²) in [6.07, 6.45) is -14.6. The second-order valence-corrected chi connectivity index (χ2v) is 22.3. The normalized spacial score (nSPS) is 54.9. The number of aliphatic hydroxyl groups is 9. The first-order chi connectivity index (χ1) is 29.9. The van der Waals surface area contributed by atoms with Crippen molar-refractivity contribution in [3.8, 4) is 0 Å². The lowest BCUT2D eigenvalue weighted by molar-refractivity contribution is -0.390. The molecule has 3 heterocycles. The third kappa shape index (κ3) is 7.31. The molecule has 3 saturated heterocycles. The van der Waals surface area contributed by atoms with Crippen LogP contribution in [-0.4, -0.2) is 175 Å². The molecule has 7 fully saturated rings. The summed E-state index contributed by atoms with van der Waals surface area (Å²) < 4.78 is 36.3. The summed E-state index contributed by atoms with van der Waals surface area (Å²) in [5.74, 6) is -1.43. The minimum Gasteiger partial charge on any atom is -0.481 e. The number of allylic oxidation sites excluding steroid dienone is 2. The van der Waals surface area contributed by atoms with Gasteiger partial charge >= 0.3 is 5.97 Å². The summed E-state index contributed by atoms with van der Waals surface area (Å²) in [5, 5.41) is 108. The molecule has 0 aromatic rings. The van der Waals surface area contributed by atoms with Crippen molar-refractivity contribution in [2.75, 3.05) is 19.8 Å². The zero-order chi connectivity index (χ0) is 46.7. The minimum atomic E-state index is -1.80. The number of carbonyl (C=O) groups excluding carboxylic acids is 1. The van der Waals surface area contributed by atoms with Crippen molar-refractivity contribution < 1.29 is 89.1 Å². The van der Waals surface area contributed by atoms with Crippen LogP contribution in [0.15, 0.2) is 11.6 Å². The van der Waals surface area contributed by atoms with Gasteiger partial charge in [-0.3, -0.25) is 4.79 Å². The lowest BCUT2D eigenvalue weighted by Crippen LogP contribution is -2.69. The molecule has 0 bridgehead atoms. The Morgan fingerprint density at radius 1 is 0.734 bits per heavy atom. The van der Waals surface area contributed by atoms with E-state index >= 15 is 0 Å². The second-order valence-electron chi connectivity index (χ2n) is 22.3. The van der Waals surface area contributed by atoms with Gasteiger partial charge in [-0.2, -0.15) is 0 Å². The predicted molar refractivity (Wildman–Crippen MR) is 220 cm³/mol. The standard InChI is InChI=1S/C46H72O18/c1-41(2)13-14-46(40(57)58)22(15-41)21-7-8-27-42(3)11-10-29(43(4,20-48)26(42)9-12-44(27,5)45(21,6)16-28(46)51)62-39-36(64-38-34(56)31(53)24(50)19-60-38)35(32(54)25(17-47)61-39)63-37-33(55)30(52)23(49)18-59-37/h7,20,22-39,47,49-56H,8-19H2,1-6H3,(H,57,58). The van der Waals surface area contributed by atoms with Crippen LogP contribution in [0.2, 0.25) is 0 Å². The van der Waals surface area contributed by atoms with Crippen molar-refractivity contribution in [2.45, 2.75) is 191 Å². The largest absolute Gasteiger partial charge is 0.481 e. The molecule has 10 N–H and O–H groups in total. The van der Waals surface area contributed by atoms with Crippen molar-refractivity contribution in [1.82, 2.24) is 0 Å². The molecule has 64 heavy (non-hydrogen) atoms. The molecule has 0 radical (unpaired) electrons. The van der Waals surface area contributed by atoms with Crippen molar-refractivity contribution in [1.29, 1.82) is 0 Å². The molecule has 4 saturated carbocycles. The highest BCUT2D eigenvalue weighted by Gasteiger charge is 2.72. The Kier molecular flexibility index (Phi) is 13.0. The van der Waals surface area contributed by atoms with Crippen molar-refractivity contribution in [2.24, 2.45) is 50.2 Å². The lowest BCUT2D eigenvalue weighted by atomic mass is 9.33. The summed E-state index contributed by atoms with van der Waals surface area (Å²) in [5.41, 5.74) is -2.65. The first-order valence-electron chi connectivity index (χ1n) is 23.2. The maximum Gasteiger partial charge on any atom is 0.312 e. The summed E-state index contributed by atoms with van der Waals surface area (Å²) in [6.45, 7) is 11.3. The SMILES string of the molecule is CC1(C)CCC2(C(=O)O)C(O)CC3(C)C(=CCC4C5(C)CCC(OC6OC(CO)C(O)C(OC7OCC(O)C(O)C7O)C6OC6OCC(O)C(O)C6O)C(C)(C=O)C5CCC43C)C2C1. The van der Waals surface area contributed by atoms with Crippen LogP contribution in [0.25, 0.3) is 0 Å². The van der Waals surface area contributed by atoms with Crippen molar-refractivity contribution in [3.63, 3.8) is 0 Å². The highest BCUT2D eigenvalue weighted by Crippen LogP contribution is 2.76. The van der Waals surface area contributed by atoms with E-state index in [9.17, 15) is 60.7 Å². The highest BCUT2D eigenvalue weighted by atomic mass is 16.8. The van der Waals surface area contributed by atoms with E-state index in [1.54, 1.807) is 0 Å². The monoisotopic (exact) mass is 912 g/mol. The topological polar surface area (TPSA) is 292 Å². The van der Waals surface area contributed by atoms with Gasteiger partial charge in [-0.1, -0.05) is 53.2 Å². The zero-order valence-electron chi connectivity index (χ0n) is 37.8. The number of aldehydes is 1. The fourth-order valence-electron chi connectivity index (χ4n) is 14.5. The molecule has 5 aliphatic carbocycles. The van der Waals surface area contributed by atoms with Gasteiger partial charge in [0.25, 0.3) is 0 Å². The van der Waals surface area contributed by atoms with Crippen molar-refractivity contribution in [3.05, 3.63) is 11.6 Å². The molecule has 0 amide bonds. The molecular weight excluding hydrogens is 840 g/mol. The van der Waals surface area contributed by atoms with E-state index in [1.165, 1.54) is 0 Å². The molecule has 3 aliphatic heterocycles. The van der Waals surface area contributed by atoms with Gasteiger partial charge in [-0.05, 0) is 97.2 Å². The highest BCUT2D eigenvalue weighted by molar-refractivity contribution is 5.77. The Bertz CT molecular complexity index is 1780. The Hall–Kier alpha value is -1.72. The van der Waals surface area contributed by atoms with E-state index in [1.807, 2.05) is 6.92 Å². The van der Waals surface area contributed by atoms with Crippen LogP contribution >= 0.6 is 0 Å². The van der Waals surface area contributed by atoms with Gasteiger partial charge in [0.2, 0.25) is 0 Å². The molecule has 18 nitrogen and oxygen atoms in total. The fourth-order valence-corrected chi connectivity index (χ4v) is 14.5. The maximum atomic E-state index is 13.8. The number of ether oxygens (including phenoxy) is 6. The van der Waals surface area contributed by atoms with Gasteiger partial charge in [0.15, 0.2) is 18.9 Å². The predicted octanol–water partition coefficient (Wildman–Crippen LogP) is 0.134. The molecule has 0 aromatic carbocycles. The number of aliphatic carboxylic acids is 1. The molecule has 0 aromatic heterocycles. The molecule has 364 valence electrons. The van der Waals surface area contributed by atoms with E-state index in [0.29, 0.717) is 57.8 Å². The van der Waals surface area contributed by atoms with Gasteiger partial charge in [0.1, 0.15) is 72.7 Å². The number of carboxylic acids is 1. The van der Waals surface area contributed by atoms with E-state index in [4.69, 9.17) is 28.4 Å². The van der Waals surface area contributed by atoms with E-state index in [-0.39, 0.29) is 28.6 Å². The molecule has 23 atom stereocenters. The molecular formula is C46H72O18. The van der Waals surface area contributed by atoms with Crippen LogP contribution in [0.4, 0.5) is 0 Å². The van der Waals surface area contributed by atoms with E-state index in [2.05, 4.69) is 40.7 Å². The third-order valence-corrected chi connectivity index (χ3v) is 18.6. The second kappa shape index (κ2) is 17.1. The van der Waals surface area contributed by atoms with Crippen molar-refractivity contribution >= 4 is 12.3 Å². The Balaban J connectivity index is 1.10. The van der Waals surface area contributed by atoms with Crippen LogP contribution in [-0.2, 0) is 38.0 Å². The van der Waals surface area contributed by atoms with Gasteiger partial charge in [-0.25, -0.2) is 0 Å². The lowest BCUT2D eigenvalue weighted by Gasteiger charge is -2.71. The average molecular weight is 913 g/mol. The molecule has 8 rings (SSSR count). The minimum absolute atomic E-state index is 0.0464. The van der Waals surface area contributed by atoms with Gasteiger partial charge < -0.3 is 84.3 Å². The van der Waals surface area contributed by atoms with Crippen LogP contribution < -0.4 is 0 Å². The van der Waals surface area contributed by atoms with Crippen LogP contribution in [0, 0.1) is 50.2 Å². The van der Waals surface area contributed by atoms with Crippen LogP contribution in [0.5, 0.6) is 0 Å². The number of carboxylic acid groups (broad SMARTS) is 1. The van der Waals surface area contributed by atoms with Crippen LogP contribution in [0.1, 0.15) is 99.3 Å².